The van der Waals surface area contributed by atoms with Crippen LogP contribution in [0.2, 0.25) is 0 Å². The minimum atomic E-state index is -4.39. The lowest BCUT2D eigenvalue weighted by Crippen LogP contribution is -2.23. The van der Waals surface area contributed by atoms with Crippen LogP contribution in [0.1, 0.15) is 6.42 Å². The zero-order chi connectivity index (χ0) is 8.36. The summed E-state index contributed by atoms with van der Waals surface area (Å²) < 4.78 is 35.1. The molecule has 0 aliphatic rings. The number of alkyl halides is 3. The van der Waals surface area contributed by atoms with E-state index in [9.17, 15) is 18.0 Å². The topological polar surface area (TPSA) is 20.3 Å². The van der Waals surface area contributed by atoms with E-state index in [1.807, 2.05) is 0 Å². The first-order valence-electron chi connectivity index (χ1n) is 2.32. The summed E-state index contributed by atoms with van der Waals surface area (Å²) in [5.41, 5.74) is 0. The Morgan fingerprint density at radius 2 is 2.00 bits per heavy atom. The van der Waals surface area contributed by atoms with Crippen molar-refractivity contribution in [3.05, 3.63) is 0 Å². The number of rotatable bonds is 1. The first kappa shape index (κ1) is 9.99. The molecule has 0 rings (SSSR count). The van der Waals surface area contributed by atoms with E-state index in [1.54, 1.807) is 0 Å². The number of halogens is 4. The van der Waals surface area contributed by atoms with E-state index in [4.69, 9.17) is 0 Å². The largest absolute Gasteiger partial charge is 0.397 e. The van der Waals surface area contributed by atoms with Gasteiger partial charge in [-0.05, 0) is 0 Å². The summed E-state index contributed by atoms with van der Waals surface area (Å²) in [6, 6.07) is 0. The molecule has 0 fully saturated rings. The first-order chi connectivity index (χ1) is 4.33. The van der Waals surface area contributed by atoms with Crippen molar-refractivity contribution in [3.63, 3.8) is 0 Å². The molecule has 0 aromatic heterocycles. The maximum Gasteiger partial charge on any atom is 0.397 e. The molecule has 0 saturated heterocycles. The third-order valence-electron chi connectivity index (χ3n) is 0.695. The van der Waals surface area contributed by atoms with E-state index in [1.165, 1.54) is 29.9 Å². The average molecular weight is 267 g/mol. The molecule has 0 saturated carbocycles. The predicted molar refractivity (Wildman–Crippen MR) is 37.5 cm³/mol. The molecule has 0 N–H and O–H groups in total. The highest BCUT2D eigenvalue weighted by atomic mass is 127. The molecule has 0 atom stereocenters. The summed E-state index contributed by atoms with van der Waals surface area (Å²) in [5.74, 6) is -0.937. The second-order valence-corrected chi connectivity index (χ2v) is 3.11. The van der Waals surface area contributed by atoms with Crippen LogP contribution in [0.3, 0.4) is 0 Å². The summed E-state index contributed by atoms with van der Waals surface area (Å²) in [4.78, 5) is 10.4. The summed E-state index contributed by atoms with van der Waals surface area (Å²) in [6.45, 7) is 0. The van der Waals surface area contributed by atoms with Gasteiger partial charge in [0, 0.05) is 7.05 Å². The van der Waals surface area contributed by atoms with E-state index < -0.39 is 18.5 Å². The SMILES string of the molecule is CN(I)C(=O)CC(F)(F)F. The first-order valence-corrected chi connectivity index (χ1v) is 3.28. The molecule has 0 aromatic rings. The Balaban J connectivity index is 3.81. The molecule has 0 bridgehead atoms. The minimum absolute atomic E-state index is 0.880. The lowest BCUT2D eigenvalue weighted by atomic mass is 10.4. The third kappa shape index (κ3) is 4.83. The molecule has 0 heterocycles. The van der Waals surface area contributed by atoms with Crippen molar-refractivity contribution in [2.45, 2.75) is 12.6 Å². The van der Waals surface area contributed by atoms with Crippen molar-refractivity contribution in [1.29, 1.82) is 0 Å². The molecule has 2 nitrogen and oxygen atoms in total. The molecule has 60 valence electrons. The minimum Gasteiger partial charge on any atom is -0.288 e. The zero-order valence-corrected chi connectivity index (χ0v) is 7.23. The van der Waals surface area contributed by atoms with Gasteiger partial charge in [0.2, 0.25) is 5.91 Å². The van der Waals surface area contributed by atoms with Crippen molar-refractivity contribution in [3.8, 4) is 0 Å². The molecule has 0 spiro atoms. The van der Waals surface area contributed by atoms with E-state index in [0.717, 1.165) is 3.11 Å². The summed E-state index contributed by atoms with van der Waals surface area (Å²) >= 11 is 1.49. The van der Waals surface area contributed by atoms with E-state index in [0.29, 0.717) is 0 Å². The summed E-state index contributed by atoms with van der Waals surface area (Å²) in [6.07, 6.45) is -5.77. The molecule has 0 aromatic carbocycles. The van der Waals surface area contributed by atoms with Gasteiger partial charge in [0.1, 0.15) is 6.42 Å². The number of hydrogen-bond acceptors (Lipinski definition) is 1. The Labute approximate surface area is 69.9 Å². The molecule has 0 unspecified atom stereocenters. The van der Waals surface area contributed by atoms with E-state index >= 15 is 0 Å². The van der Waals surface area contributed by atoms with E-state index in [-0.39, 0.29) is 0 Å². The standard InChI is InChI=1S/C4H5F3INO/c1-9(8)3(10)2-4(5,6)7/h2H2,1H3. The maximum absolute atomic E-state index is 11.4. The Kier molecular flexibility index (Phi) is 3.40. The summed E-state index contributed by atoms with van der Waals surface area (Å²) in [5, 5.41) is 0. The Morgan fingerprint density at radius 3 is 2.10 bits per heavy atom. The zero-order valence-electron chi connectivity index (χ0n) is 5.07. The summed E-state index contributed by atoms with van der Waals surface area (Å²) in [7, 11) is 1.27. The fraction of sp³-hybridized carbons (Fsp3) is 0.750. The number of carbonyl (C=O) groups excluding carboxylic acids is 1. The van der Waals surface area contributed by atoms with Gasteiger partial charge in [0.25, 0.3) is 0 Å². The lowest BCUT2D eigenvalue weighted by molar-refractivity contribution is -0.156. The highest BCUT2D eigenvalue weighted by Gasteiger charge is 2.32. The van der Waals surface area contributed by atoms with E-state index in [2.05, 4.69) is 0 Å². The number of hydrogen-bond donors (Lipinski definition) is 0. The molecular weight excluding hydrogens is 262 g/mol. The third-order valence-corrected chi connectivity index (χ3v) is 1.23. The smallest absolute Gasteiger partial charge is 0.288 e. The quantitative estimate of drug-likeness (QED) is 0.523. The van der Waals surface area contributed by atoms with Crippen LogP contribution in [0.25, 0.3) is 0 Å². The molecule has 6 heteroatoms. The van der Waals surface area contributed by atoms with Gasteiger partial charge in [-0.1, -0.05) is 0 Å². The van der Waals surface area contributed by atoms with Crippen molar-refractivity contribution in [2.24, 2.45) is 0 Å². The van der Waals surface area contributed by atoms with Gasteiger partial charge in [-0.15, -0.1) is 0 Å². The van der Waals surface area contributed by atoms with Crippen molar-refractivity contribution in [2.75, 3.05) is 7.05 Å². The normalized spacial score (nSPS) is 11.3. The van der Waals surface area contributed by atoms with Gasteiger partial charge >= 0.3 is 6.18 Å². The van der Waals surface area contributed by atoms with Crippen LogP contribution in [0.5, 0.6) is 0 Å². The molecule has 0 aliphatic carbocycles. The van der Waals surface area contributed by atoms with Crippen LogP contribution >= 0.6 is 22.9 Å². The molecular formula is C4H5F3INO. The lowest BCUT2D eigenvalue weighted by Gasteiger charge is -2.09. The molecule has 0 aliphatic heterocycles. The van der Waals surface area contributed by atoms with Crippen LogP contribution in [-0.2, 0) is 4.79 Å². The number of carbonyl (C=O) groups is 1. The van der Waals surface area contributed by atoms with Crippen LogP contribution in [0, 0.1) is 0 Å². The number of nitrogens with zero attached hydrogens (tertiary/aromatic N) is 1. The van der Waals surface area contributed by atoms with Gasteiger partial charge in [-0.3, -0.25) is 7.91 Å². The fourth-order valence-electron chi connectivity index (χ4n) is 0.280. The van der Waals surface area contributed by atoms with Gasteiger partial charge in [-0.25, -0.2) is 0 Å². The average Bonchev–Trinajstić information content (AvgIpc) is 1.60. The molecule has 0 radical (unpaired) electrons. The molecule has 10 heavy (non-hydrogen) atoms. The van der Waals surface area contributed by atoms with Crippen molar-refractivity contribution >= 4 is 28.8 Å². The van der Waals surface area contributed by atoms with Gasteiger partial charge in [0.15, 0.2) is 0 Å². The van der Waals surface area contributed by atoms with Crippen molar-refractivity contribution in [1.82, 2.24) is 3.11 Å². The van der Waals surface area contributed by atoms with Crippen LogP contribution < -0.4 is 0 Å². The van der Waals surface area contributed by atoms with Crippen LogP contribution in [-0.4, -0.2) is 22.2 Å². The highest BCUT2D eigenvalue weighted by Crippen LogP contribution is 2.20. The second-order valence-electron chi connectivity index (χ2n) is 1.66. The number of amides is 1. The Morgan fingerprint density at radius 1 is 1.60 bits per heavy atom. The Hall–Kier alpha value is -0.0100. The predicted octanol–water partition coefficient (Wildman–Crippen LogP) is 1.75. The van der Waals surface area contributed by atoms with Gasteiger partial charge < -0.3 is 0 Å². The van der Waals surface area contributed by atoms with Gasteiger partial charge in [-0.2, -0.15) is 13.2 Å². The highest BCUT2D eigenvalue weighted by molar-refractivity contribution is 14.1. The van der Waals surface area contributed by atoms with Gasteiger partial charge in [0.05, 0.1) is 22.9 Å². The maximum atomic E-state index is 11.4. The van der Waals surface area contributed by atoms with Crippen molar-refractivity contribution < 1.29 is 18.0 Å². The van der Waals surface area contributed by atoms with Crippen LogP contribution in [0.15, 0.2) is 0 Å². The second kappa shape index (κ2) is 3.40. The Bertz CT molecular complexity index is 133. The molecule has 1 amide bonds. The fourth-order valence-corrected chi connectivity index (χ4v) is 0.451. The monoisotopic (exact) mass is 267 g/mol. The van der Waals surface area contributed by atoms with Crippen LogP contribution in [0.4, 0.5) is 13.2 Å².